The van der Waals surface area contributed by atoms with Gasteiger partial charge in [0.1, 0.15) is 16.7 Å². The zero-order chi connectivity index (χ0) is 28.0. The summed E-state index contributed by atoms with van der Waals surface area (Å²) in [7, 11) is 4.53. The van der Waals surface area contributed by atoms with E-state index in [0.29, 0.717) is 38.7 Å². The number of methoxy groups -OCH3 is 3. The lowest BCUT2D eigenvalue weighted by molar-refractivity contribution is -0.141. The van der Waals surface area contributed by atoms with Crippen LogP contribution in [0.4, 0.5) is 0 Å². The highest BCUT2D eigenvalue weighted by atomic mass is 32.1. The summed E-state index contributed by atoms with van der Waals surface area (Å²) in [6.45, 7) is 0. The summed E-state index contributed by atoms with van der Waals surface area (Å²) < 4.78 is 17.9. The Kier molecular flexibility index (Phi) is 6.71. The summed E-state index contributed by atoms with van der Waals surface area (Å²) in [5, 5.41) is 12.0. The second-order valence-electron chi connectivity index (χ2n) is 9.86. The van der Waals surface area contributed by atoms with Crippen LogP contribution in [0.5, 0.6) is 17.2 Å². The zero-order valence-electron chi connectivity index (χ0n) is 22.4. The van der Waals surface area contributed by atoms with E-state index in [9.17, 15) is 14.7 Å². The molecule has 0 saturated carbocycles. The van der Waals surface area contributed by atoms with Crippen LogP contribution in [0.1, 0.15) is 35.0 Å². The fraction of sp³-hybridized carbons (Fsp3) is 0.300. The van der Waals surface area contributed by atoms with E-state index < -0.39 is 12.0 Å². The minimum atomic E-state index is -1.22. The summed E-state index contributed by atoms with van der Waals surface area (Å²) in [4.78, 5) is 37.3. The van der Waals surface area contributed by atoms with E-state index >= 15 is 0 Å². The Balaban J connectivity index is 1.62. The number of para-hydroxylation sites is 1. The van der Waals surface area contributed by atoms with Gasteiger partial charge >= 0.3 is 5.97 Å². The maximum atomic E-state index is 14.4. The quantitative estimate of drug-likeness (QED) is 0.262. The summed E-state index contributed by atoms with van der Waals surface area (Å²) in [6, 6.07) is 11.8. The lowest BCUT2D eigenvalue weighted by Gasteiger charge is -2.21. The molecule has 6 rings (SSSR count). The second kappa shape index (κ2) is 10.3. The molecule has 1 atom stereocenters. The maximum Gasteiger partial charge on any atom is 0.327 e. The average Bonchev–Trinajstić information content (AvgIpc) is 3.56. The summed E-state index contributed by atoms with van der Waals surface area (Å²) in [6.07, 6.45) is 3.80. The molecule has 0 aliphatic heterocycles. The van der Waals surface area contributed by atoms with Gasteiger partial charge in [0.2, 0.25) is 5.75 Å². The van der Waals surface area contributed by atoms with Crippen molar-refractivity contribution in [2.45, 2.75) is 38.1 Å². The highest BCUT2D eigenvalue weighted by Gasteiger charge is 2.31. The maximum absolute atomic E-state index is 14.4. The molecule has 3 aromatic heterocycles. The van der Waals surface area contributed by atoms with Crippen molar-refractivity contribution in [2.75, 3.05) is 21.3 Å². The van der Waals surface area contributed by atoms with Crippen molar-refractivity contribution in [3.63, 3.8) is 0 Å². The van der Waals surface area contributed by atoms with Gasteiger partial charge in [-0.25, -0.2) is 9.78 Å². The molecular weight excluding hydrogens is 530 g/mol. The lowest BCUT2D eigenvalue weighted by Crippen LogP contribution is -2.33. The van der Waals surface area contributed by atoms with Crippen molar-refractivity contribution in [1.29, 1.82) is 0 Å². The number of fused-ring (bicyclic) bond motifs is 4. The van der Waals surface area contributed by atoms with Crippen molar-refractivity contribution in [1.82, 2.24) is 14.5 Å². The molecule has 1 unspecified atom stereocenters. The van der Waals surface area contributed by atoms with Crippen LogP contribution in [0.3, 0.4) is 0 Å². The minimum absolute atomic E-state index is 0.0703. The van der Waals surface area contributed by atoms with Crippen LogP contribution in [0.15, 0.2) is 47.3 Å². The van der Waals surface area contributed by atoms with Crippen LogP contribution < -0.4 is 19.8 Å². The Labute approximate surface area is 234 Å². The standard InChI is InChI=1S/C30H29N3O6S/c1-37-22-13-17(14-23(38-2)26(22)39-3)27-32-28-25(19-9-5-7-11-24(19)40-28)29(34)33(27)21(30(35)36)15-18-12-16-8-4-6-10-20(16)31-18/h4,6,8,10,12-14,21,31H,5,7,9,11,15H2,1-3H3,(H,35,36). The van der Waals surface area contributed by atoms with Crippen LogP contribution in [-0.4, -0.2) is 46.9 Å². The molecule has 9 nitrogen and oxygen atoms in total. The van der Waals surface area contributed by atoms with Crippen LogP contribution in [0, 0.1) is 0 Å². The van der Waals surface area contributed by atoms with E-state index in [2.05, 4.69) is 4.98 Å². The molecule has 2 N–H and O–H groups in total. The van der Waals surface area contributed by atoms with Gasteiger partial charge in [-0.05, 0) is 60.9 Å². The molecule has 5 aromatic rings. The van der Waals surface area contributed by atoms with E-state index in [4.69, 9.17) is 19.2 Å². The van der Waals surface area contributed by atoms with Gasteiger partial charge in [-0.2, -0.15) is 0 Å². The van der Waals surface area contributed by atoms with Crippen molar-refractivity contribution < 1.29 is 24.1 Å². The molecular formula is C30H29N3O6S. The first-order chi connectivity index (χ1) is 19.4. The summed E-state index contributed by atoms with van der Waals surface area (Å²) in [5.74, 6) is 0.262. The largest absolute Gasteiger partial charge is 0.493 e. The second-order valence-corrected chi connectivity index (χ2v) is 10.9. The molecule has 0 amide bonds. The third-order valence-electron chi connectivity index (χ3n) is 7.54. The Morgan fingerprint density at radius 2 is 1.80 bits per heavy atom. The predicted molar refractivity (Wildman–Crippen MR) is 154 cm³/mol. The van der Waals surface area contributed by atoms with Crippen LogP contribution in [-0.2, 0) is 24.1 Å². The highest BCUT2D eigenvalue weighted by Crippen LogP contribution is 2.42. The smallest absolute Gasteiger partial charge is 0.327 e. The molecule has 1 aliphatic carbocycles. The summed E-state index contributed by atoms with van der Waals surface area (Å²) in [5.41, 5.74) is 2.76. The molecule has 0 radical (unpaired) electrons. The third-order valence-corrected chi connectivity index (χ3v) is 8.73. The van der Waals surface area contributed by atoms with Crippen molar-refractivity contribution in [2.24, 2.45) is 0 Å². The number of aliphatic carboxylic acids is 1. The Hall–Kier alpha value is -4.31. The summed E-state index contributed by atoms with van der Waals surface area (Å²) >= 11 is 1.52. The number of thiophene rings is 1. The number of aromatic nitrogens is 3. The number of H-pyrrole nitrogens is 1. The first kappa shape index (κ1) is 25.9. The first-order valence-electron chi connectivity index (χ1n) is 13.1. The van der Waals surface area contributed by atoms with Gasteiger partial charge < -0.3 is 24.3 Å². The van der Waals surface area contributed by atoms with Gasteiger partial charge in [-0.1, -0.05) is 18.2 Å². The molecule has 0 spiro atoms. The molecule has 0 fully saturated rings. The first-order valence-corrected chi connectivity index (χ1v) is 13.9. The van der Waals surface area contributed by atoms with E-state index in [-0.39, 0.29) is 17.8 Å². The molecule has 2 aromatic carbocycles. The van der Waals surface area contributed by atoms with Crippen molar-refractivity contribution >= 4 is 38.4 Å². The lowest BCUT2D eigenvalue weighted by atomic mass is 9.97. The number of carbonyl (C=O) groups is 1. The van der Waals surface area contributed by atoms with Crippen LogP contribution in [0.2, 0.25) is 0 Å². The van der Waals surface area contributed by atoms with E-state index in [0.717, 1.165) is 47.0 Å². The number of hydrogen-bond acceptors (Lipinski definition) is 7. The van der Waals surface area contributed by atoms with Crippen LogP contribution >= 0.6 is 11.3 Å². The van der Waals surface area contributed by atoms with Gasteiger partial charge in [-0.3, -0.25) is 9.36 Å². The predicted octanol–water partition coefficient (Wildman–Crippen LogP) is 5.38. The van der Waals surface area contributed by atoms with Crippen LogP contribution in [0.25, 0.3) is 32.5 Å². The fourth-order valence-electron chi connectivity index (χ4n) is 5.66. The molecule has 10 heteroatoms. The molecule has 1 aliphatic rings. The molecule has 3 heterocycles. The number of ether oxygens (including phenoxy) is 3. The number of hydrogen-bond donors (Lipinski definition) is 2. The minimum Gasteiger partial charge on any atom is -0.493 e. The topological polar surface area (TPSA) is 116 Å². The monoisotopic (exact) mass is 559 g/mol. The van der Waals surface area contributed by atoms with Gasteiger partial charge in [0, 0.05) is 28.1 Å². The molecule has 0 bridgehead atoms. The van der Waals surface area contributed by atoms with Gasteiger partial charge in [-0.15, -0.1) is 11.3 Å². The average molecular weight is 560 g/mol. The van der Waals surface area contributed by atoms with E-state index in [1.165, 1.54) is 37.2 Å². The number of aryl methyl sites for hydroxylation is 2. The number of carboxylic acid groups (broad SMARTS) is 1. The molecule has 206 valence electrons. The van der Waals surface area contributed by atoms with Crippen molar-refractivity contribution in [3.05, 3.63) is 69.0 Å². The number of nitrogens with one attached hydrogen (secondary N) is 1. The third kappa shape index (κ3) is 4.28. The Morgan fingerprint density at radius 1 is 1.07 bits per heavy atom. The fourth-order valence-corrected chi connectivity index (χ4v) is 6.91. The molecule has 0 saturated heterocycles. The number of aromatic amines is 1. The Bertz CT molecular complexity index is 1760. The number of benzene rings is 2. The number of nitrogens with zero attached hydrogens (tertiary/aromatic N) is 2. The highest BCUT2D eigenvalue weighted by molar-refractivity contribution is 7.18. The SMILES string of the molecule is COc1cc(-c2nc3sc4c(c3c(=O)n2C(Cc2cc3ccccc3[nH]2)C(=O)O)CCCC4)cc(OC)c1OC. The zero-order valence-corrected chi connectivity index (χ0v) is 23.3. The number of carboxylic acids is 1. The van der Waals surface area contributed by atoms with Gasteiger partial charge in [0.05, 0.1) is 26.7 Å². The molecule has 40 heavy (non-hydrogen) atoms. The van der Waals surface area contributed by atoms with Gasteiger partial charge in [0.15, 0.2) is 11.5 Å². The van der Waals surface area contributed by atoms with Gasteiger partial charge in [0.25, 0.3) is 5.56 Å². The van der Waals surface area contributed by atoms with E-state index in [1.54, 1.807) is 12.1 Å². The normalized spacial score (nSPS) is 13.8. The number of rotatable bonds is 8. The Morgan fingerprint density at radius 3 is 2.48 bits per heavy atom. The van der Waals surface area contributed by atoms with Crippen molar-refractivity contribution in [3.8, 4) is 28.6 Å². The van der Waals surface area contributed by atoms with E-state index in [1.807, 2.05) is 30.3 Å².